The summed E-state index contributed by atoms with van der Waals surface area (Å²) in [4.78, 5) is 19.3. The number of benzene rings is 1. The minimum absolute atomic E-state index is 0.000944. The van der Waals surface area contributed by atoms with Crippen molar-refractivity contribution in [2.45, 2.75) is 25.8 Å². The summed E-state index contributed by atoms with van der Waals surface area (Å²) < 4.78 is 5.73. The number of aromatic nitrogens is 1. The molecule has 0 saturated carbocycles. The Kier molecular flexibility index (Phi) is 4.40. The second-order valence-electron chi connectivity index (χ2n) is 6.96. The molecule has 1 amide bonds. The van der Waals surface area contributed by atoms with E-state index in [1.54, 1.807) is 0 Å². The molecule has 5 nitrogen and oxygen atoms in total. The molecule has 0 spiro atoms. The number of ether oxygens (including phenoxy) is 1. The Balaban J connectivity index is 1.39. The number of nitrogens with one attached hydrogen (secondary N) is 1. The van der Waals surface area contributed by atoms with Crippen LogP contribution in [0.15, 0.2) is 42.5 Å². The lowest BCUT2D eigenvalue weighted by molar-refractivity contribution is 0.0620. The molecule has 1 unspecified atom stereocenters. The first-order valence-electron chi connectivity index (χ1n) is 8.92. The van der Waals surface area contributed by atoms with Gasteiger partial charge in [-0.3, -0.25) is 4.79 Å². The average molecular weight is 337 g/mol. The molecule has 1 aromatic heterocycles. The maximum atomic E-state index is 12.5. The van der Waals surface area contributed by atoms with Gasteiger partial charge in [-0.2, -0.15) is 0 Å². The molecule has 2 aromatic rings. The van der Waals surface area contributed by atoms with Crippen LogP contribution in [-0.4, -0.2) is 41.5 Å². The van der Waals surface area contributed by atoms with Gasteiger partial charge in [0, 0.05) is 29.9 Å². The SMILES string of the molecule is Cc1cccc(Oc2ccc(C(=O)NC3CN4CCC3CC4)cc2)n1. The zero-order valence-electron chi connectivity index (χ0n) is 14.4. The van der Waals surface area contributed by atoms with E-state index in [2.05, 4.69) is 15.2 Å². The molecule has 3 aliphatic heterocycles. The quantitative estimate of drug-likeness (QED) is 0.932. The summed E-state index contributed by atoms with van der Waals surface area (Å²) in [7, 11) is 0. The van der Waals surface area contributed by atoms with E-state index in [1.165, 1.54) is 25.9 Å². The molecule has 4 heterocycles. The normalized spacial score (nSPS) is 24.8. The van der Waals surface area contributed by atoms with E-state index < -0.39 is 0 Å². The number of fused-ring (bicyclic) bond motifs is 3. The topological polar surface area (TPSA) is 54.5 Å². The van der Waals surface area contributed by atoms with Gasteiger partial charge >= 0.3 is 0 Å². The van der Waals surface area contributed by atoms with Crippen molar-refractivity contribution < 1.29 is 9.53 Å². The van der Waals surface area contributed by atoms with Crippen molar-refractivity contribution in [3.8, 4) is 11.6 Å². The fourth-order valence-electron chi connectivity index (χ4n) is 3.75. The molecule has 1 aromatic carbocycles. The molecule has 0 aliphatic carbocycles. The Labute approximate surface area is 148 Å². The fourth-order valence-corrected chi connectivity index (χ4v) is 3.75. The summed E-state index contributed by atoms with van der Waals surface area (Å²) in [6.45, 7) is 5.26. The molecule has 1 N–H and O–H groups in total. The molecule has 2 bridgehead atoms. The van der Waals surface area contributed by atoms with Crippen molar-refractivity contribution in [1.29, 1.82) is 0 Å². The standard InChI is InChI=1S/C20H23N3O2/c1-14-3-2-4-19(21-14)25-17-7-5-16(6-8-17)20(24)22-18-13-23-11-9-15(18)10-12-23/h2-8,15,18H,9-13H2,1H3,(H,22,24). The van der Waals surface area contributed by atoms with E-state index in [9.17, 15) is 4.79 Å². The summed E-state index contributed by atoms with van der Waals surface area (Å²) in [5, 5.41) is 3.21. The van der Waals surface area contributed by atoms with Crippen molar-refractivity contribution >= 4 is 5.91 Å². The van der Waals surface area contributed by atoms with E-state index in [-0.39, 0.29) is 11.9 Å². The predicted molar refractivity (Wildman–Crippen MR) is 95.9 cm³/mol. The summed E-state index contributed by atoms with van der Waals surface area (Å²) in [5.74, 6) is 1.87. The van der Waals surface area contributed by atoms with Crippen LogP contribution < -0.4 is 10.1 Å². The highest BCUT2D eigenvalue weighted by molar-refractivity contribution is 5.94. The van der Waals surface area contributed by atoms with Gasteiger partial charge in [0.2, 0.25) is 5.88 Å². The lowest BCUT2D eigenvalue weighted by Crippen LogP contribution is -2.57. The summed E-state index contributed by atoms with van der Waals surface area (Å²) in [6.07, 6.45) is 2.39. The molecule has 0 radical (unpaired) electrons. The number of carbonyl (C=O) groups excluding carboxylic acids is 1. The third-order valence-electron chi connectivity index (χ3n) is 5.17. The van der Waals surface area contributed by atoms with Crippen molar-refractivity contribution in [2.75, 3.05) is 19.6 Å². The van der Waals surface area contributed by atoms with E-state index >= 15 is 0 Å². The van der Waals surface area contributed by atoms with Gasteiger partial charge in [0.25, 0.3) is 5.91 Å². The molecule has 3 saturated heterocycles. The molecule has 5 heteroatoms. The maximum absolute atomic E-state index is 12.5. The van der Waals surface area contributed by atoms with E-state index in [0.717, 1.165) is 12.2 Å². The van der Waals surface area contributed by atoms with Crippen molar-refractivity contribution in [1.82, 2.24) is 15.2 Å². The van der Waals surface area contributed by atoms with Crippen LogP contribution in [0.4, 0.5) is 0 Å². The first-order valence-corrected chi connectivity index (χ1v) is 8.92. The van der Waals surface area contributed by atoms with Crippen LogP contribution in [-0.2, 0) is 0 Å². The Bertz CT molecular complexity index is 752. The number of rotatable bonds is 4. The summed E-state index contributed by atoms with van der Waals surface area (Å²) in [6, 6.07) is 13.2. The molecule has 130 valence electrons. The maximum Gasteiger partial charge on any atom is 0.251 e. The molecule has 1 atom stereocenters. The highest BCUT2D eigenvalue weighted by atomic mass is 16.5. The number of nitrogens with zero attached hydrogens (tertiary/aromatic N) is 2. The number of amides is 1. The van der Waals surface area contributed by atoms with Gasteiger partial charge in [-0.05, 0) is 69.1 Å². The van der Waals surface area contributed by atoms with Crippen LogP contribution in [0.3, 0.4) is 0 Å². The monoisotopic (exact) mass is 337 g/mol. The van der Waals surface area contributed by atoms with Crippen LogP contribution in [0.2, 0.25) is 0 Å². The van der Waals surface area contributed by atoms with Crippen molar-refractivity contribution in [3.63, 3.8) is 0 Å². The predicted octanol–water partition coefficient (Wildman–Crippen LogP) is 3.01. The van der Waals surface area contributed by atoms with Gasteiger partial charge in [-0.15, -0.1) is 0 Å². The largest absolute Gasteiger partial charge is 0.439 e. The minimum atomic E-state index is -0.000944. The highest BCUT2D eigenvalue weighted by Crippen LogP contribution is 2.28. The Morgan fingerprint density at radius 1 is 1.16 bits per heavy atom. The second kappa shape index (κ2) is 6.84. The first-order chi connectivity index (χ1) is 12.2. The molecule has 3 fully saturated rings. The Morgan fingerprint density at radius 3 is 2.56 bits per heavy atom. The Morgan fingerprint density at radius 2 is 1.92 bits per heavy atom. The zero-order chi connectivity index (χ0) is 17.2. The summed E-state index contributed by atoms with van der Waals surface area (Å²) >= 11 is 0. The number of carbonyl (C=O) groups is 1. The van der Waals surface area contributed by atoms with Crippen molar-refractivity contribution in [2.24, 2.45) is 5.92 Å². The van der Waals surface area contributed by atoms with Crippen LogP contribution in [0.1, 0.15) is 28.9 Å². The highest BCUT2D eigenvalue weighted by Gasteiger charge is 2.34. The Hall–Kier alpha value is -2.40. The van der Waals surface area contributed by atoms with Gasteiger partial charge in [0.05, 0.1) is 0 Å². The zero-order valence-corrected chi connectivity index (χ0v) is 14.4. The van der Waals surface area contributed by atoms with Crippen LogP contribution in [0, 0.1) is 12.8 Å². The molecule has 25 heavy (non-hydrogen) atoms. The lowest BCUT2D eigenvalue weighted by atomic mass is 9.84. The number of piperidine rings is 3. The van der Waals surface area contributed by atoms with Gasteiger partial charge in [-0.1, -0.05) is 6.07 Å². The minimum Gasteiger partial charge on any atom is -0.439 e. The fraction of sp³-hybridized carbons (Fsp3) is 0.400. The average Bonchev–Trinajstić information content (AvgIpc) is 2.63. The van der Waals surface area contributed by atoms with Gasteiger partial charge in [0.1, 0.15) is 5.75 Å². The van der Waals surface area contributed by atoms with Crippen LogP contribution in [0.5, 0.6) is 11.6 Å². The van der Waals surface area contributed by atoms with E-state index in [1.807, 2.05) is 49.4 Å². The smallest absolute Gasteiger partial charge is 0.251 e. The molecule has 3 aliphatic rings. The second-order valence-corrected chi connectivity index (χ2v) is 6.96. The van der Waals surface area contributed by atoms with Crippen LogP contribution >= 0.6 is 0 Å². The van der Waals surface area contributed by atoms with Gasteiger partial charge < -0.3 is 15.0 Å². The molecular weight excluding hydrogens is 314 g/mol. The third-order valence-corrected chi connectivity index (χ3v) is 5.17. The number of pyridine rings is 1. The third kappa shape index (κ3) is 3.66. The van der Waals surface area contributed by atoms with Crippen molar-refractivity contribution in [3.05, 3.63) is 53.7 Å². The van der Waals surface area contributed by atoms with Gasteiger partial charge in [-0.25, -0.2) is 4.98 Å². The number of hydrogen-bond donors (Lipinski definition) is 1. The van der Waals surface area contributed by atoms with E-state index in [0.29, 0.717) is 23.1 Å². The molecular formula is C20H23N3O2. The number of aryl methyl sites for hydroxylation is 1. The van der Waals surface area contributed by atoms with Crippen LogP contribution in [0.25, 0.3) is 0 Å². The number of hydrogen-bond acceptors (Lipinski definition) is 4. The molecule has 5 rings (SSSR count). The first kappa shape index (κ1) is 16.1. The van der Waals surface area contributed by atoms with Gasteiger partial charge in [0.15, 0.2) is 0 Å². The summed E-state index contributed by atoms with van der Waals surface area (Å²) in [5.41, 5.74) is 1.58. The lowest BCUT2D eigenvalue weighted by Gasteiger charge is -2.44. The van der Waals surface area contributed by atoms with E-state index in [4.69, 9.17) is 4.74 Å².